The van der Waals surface area contributed by atoms with Gasteiger partial charge in [0.25, 0.3) is 0 Å². The van der Waals surface area contributed by atoms with Crippen LogP contribution in [0.2, 0.25) is 0 Å². The number of nitrogens with zero attached hydrogens (tertiary/aromatic N) is 1. The predicted molar refractivity (Wildman–Crippen MR) is 202 cm³/mol. The van der Waals surface area contributed by atoms with Crippen molar-refractivity contribution in [3.05, 3.63) is 188 Å². The van der Waals surface area contributed by atoms with Crippen molar-refractivity contribution in [1.29, 1.82) is 0 Å². The lowest BCUT2D eigenvalue weighted by Gasteiger charge is -2.28. The van der Waals surface area contributed by atoms with Crippen LogP contribution in [0.3, 0.4) is 0 Å². The maximum Gasteiger partial charge on any atom is 0.143 e. The number of fused-ring (bicyclic) bond motifs is 5. The Labute approximate surface area is 286 Å². The van der Waals surface area contributed by atoms with Gasteiger partial charge in [-0.25, -0.2) is 0 Å². The van der Waals surface area contributed by atoms with E-state index in [0.717, 1.165) is 66.1 Å². The molecule has 2 nitrogen and oxygen atoms in total. The van der Waals surface area contributed by atoms with E-state index in [1.165, 1.54) is 0 Å². The summed E-state index contributed by atoms with van der Waals surface area (Å²) in [6, 6.07) is 50.9. The van der Waals surface area contributed by atoms with Gasteiger partial charge in [0.05, 0.1) is 12.5 Å². The lowest BCUT2D eigenvalue weighted by molar-refractivity contribution is 0.673. The highest BCUT2D eigenvalue weighted by Gasteiger charge is 2.18. The second kappa shape index (κ2) is 11.8. The molecular formula is C46H31NO. The smallest absolute Gasteiger partial charge is 0.143 e. The third kappa shape index (κ3) is 4.83. The standard InChI is InChI=1S/C46H31NO/c1-3-12-32(13-4-1)33-22-24-35(25-23-33)39-17-9-10-20-43(39)47(37-15-5-2-6-16-37)38-29-26-36(27-30-38)40-19-11-21-44-45(40)42-31-28-34-14-7-8-18-41(34)46(42)48-44/h1-31H/i2D,5D,6D,15D,16D. The van der Waals surface area contributed by atoms with Crippen LogP contribution in [0, 0.1) is 0 Å². The van der Waals surface area contributed by atoms with E-state index in [0.29, 0.717) is 11.4 Å². The molecule has 0 saturated heterocycles. The number of benzene rings is 8. The van der Waals surface area contributed by atoms with Crippen molar-refractivity contribution < 1.29 is 11.3 Å². The van der Waals surface area contributed by atoms with Crippen LogP contribution in [0.25, 0.3) is 66.1 Å². The van der Waals surface area contributed by atoms with Crippen molar-refractivity contribution in [3.8, 4) is 33.4 Å². The summed E-state index contributed by atoms with van der Waals surface area (Å²) in [6.45, 7) is 0. The van der Waals surface area contributed by atoms with Gasteiger partial charge in [-0.3, -0.25) is 0 Å². The van der Waals surface area contributed by atoms with Gasteiger partial charge in [-0.1, -0.05) is 146 Å². The van der Waals surface area contributed by atoms with E-state index in [4.69, 9.17) is 11.3 Å². The minimum atomic E-state index is -0.433. The Morgan fingerprint density at radius 1 is 0.438 bits per heavy atom. The molecule has 0 aliphatic heterocycles. The third-order valence-electron chi connectivity index (χ3n) is 8.98. The van der Waals surface area contributed by atoms with Gasteiger partial charge in [0, 0.05) is 33.1 Å². The van der Waals surface area contributed by atoms with Crippen molar-refractivity contribution in [3.63, 3.8) is 0 Å². The van der Waals surface area contributed by atoms with Gasteiger partial charge in [0.15, 0.2) is 0 Å². The first-order chi connectivity index (χ1) is 25.9. The normalized spacial score (nSPS) is 12.8. The molecule has 0 unspecified atom stereocenters. The topological polar surface area (TPSA) is 16.4 Å². The fourth-order valence-corrected chi connectivity index (χ4v) is 6.71. The Hall–Kier alpha value is -6.38. The van der Waals surface area contributed by atoms with E-state index in [1.807, 2.05) is 91.0 Å². The molecule has 0 amide bonds. The Kier molecular flexibility index (Phi) is 5.64. The molecule has 1 aromatic heterocycles. The van der Waals surface area contributed by atoms with Crippen molar-refractivity contribution in [1.82, 2.24) is 0 Å². The quantitative estimate of drug-likeness (QED) is 0.184. The van der Waals surface area contributed by atoms with Crippen LogP contribution in [-0.4, -0.2) is 0 Å². The zero-order valence-electron chi connectivity index (χ0n) is 30.9. The fourth-order valence-electron chi connectivity index (χ4n) is 6.71. The maximum absolute atomic E-state index is 9.02. The van der Waals surface area contributed by atoms with Gasteiger partial charge in [0.1, 0.15) is 11.2 Å². The Balaban J connectivity index is 1.21. The summed E-state index contributed by atoms with van der Waals surface area (Å²) in [5, 5.41) is 4.23. The van der Waals surface area contributed by atoms with Crippen LogP contribution in [0.15, 0.2) is 192 Å². The number of hydrogen-bond acceptors (Lipinski definition) is 2. The summed E-state index contributed by atoms with van der Waals surface area (Å²) < 4.78 is 49.9. The second-order valence-corrected chi connectivity index (χ2v) is 11.8. The molecule has 48 heavy (non-hydrogen) atoms. The number of furan rings is 1. The molecule has 8 aromatic carbocycles. The van der Waals surface area contributed by atoms with Gasteiger partial charge in [0.2, 0.25) is 0 Å². The zero-order chi connectivity index (χ0) is 36.2. The lowest BCUT2D eigenvalue weighted by Crippen LogP contribution is -2.11. The van der Waals surface area contributed by atoms with E-state index >= 15 is 0 Å². The second-order valence-electron chi connectivity index (χ2n) is 11.8. The van der Waals surface area contributed by atoms with Gasteiger partial charge >= 0.3 is 0 Å². The summed E-state index contributed by atoms with van der Waals surface area (Å²) in [5.74, 6) is 0. The molecule has 9 rings (SSSR count). The van der Waals surface area contributed by atoms with E-state index in [9.17, 15) is 0 Å². The van der Waals surface area contributed by atoms with E-state index in [1.54, 1.807) is 4.90 Å². The average Bonchev–Trinajstić information content (AvgIpc) is 3.61. The van der Waals surface area contributed by atoms with Crippen LogP contribution >= 0.6 is 0 Å². The SMILES string of the molecule is [2H]c1c([2H])c([2H])c(N(c2ccc(-c3cccc4oc5c6ccccc6ccc5c34)cc2)c2ccccc2-c2ccc(-c3ccccc3)cc2)c([2H])c1[2H]. The zero-order valence-corrected chi connectivity index (χ0v) is 25.9. The van der Waals surface area contributed by atoms with Crippen LogP contribution in [-0.2, 0) is 0 Å². The van der Waals surface area contributed by atoms with Crippen molar-refractivity contribution in [2.45, 2.75) is 0 Å². The summed E-state index contributed by atoms with van der Waals surface area (Å²) in [6.07, 6.45) is 0. The Bertz CT molecular complexity index is 2800. The van der Waals surface area contributed by atoms with Gasteiger partial charge in [-0.05, 0) is 75.6 Å². The molecule has 0 aliphatic rings. The molecular weight excluding hydrogens is 583 g/mol. The summed E-state index contributed by atoms with van der Waals surface area (Å²) in [4.78, 5) is 1.78. The summed E-state index contributed by atoms with van der Waals surface area (Å²) >= 11 is 0. The molecule has 0 fully saturated rings. The molecule has 2 heteroatoms. The highest BCUT2D eigenvalue weighted by molar-refractivity contribution is 6.19. The van der Waals surface area contributed by atoms with Crippen molar-refractivity contribution in [2.75, 3.05) is 4.90 Å². The first-order valence-corrected chi connectivity index (χ1v) is 15.9. The molecule has 9 aromatic rings. The van der Waals surface area contributed by atoms with E-state index in [-0.39, 0.29) is 17.8 Å². The maximum atomic E-state index is 9.02. The summed E-state index contributed by atoms with van der Waals surface area (Å²) in [5.41, 5.74) is 9.00. The predicted octanol–water partition coefficient (Wildman–Crippen LogP) is 13.2. The Morgan fingerprint density at radius 3 is 1.92 bits per heavy atom. The minimum absolute atomic E-state index is 0.0758. The Morgan fingerprint density at radius 2 is 1.08 bits per heavy atom. The van der Waals surface area contributed by atoms with Crippen LogP contribution in [0.4, 0.5) is 17.1 Å². The van der Waals surface area contributed by atoms with Crippen molar-refractivity contribution in [2.24, 2.45) is 0 Å². The van der Waals surface area contributed by atoms with Crippen LogP contribution < -0.4 is 4.90 Å². The molecule has 1 heterocycles. The highest BCUT2D eigenvalue weighted by Crippen LogP contribution is 2.43. The minimum Gasteiger partial charge on any atom is -0.455 e. The number of rotatable bonds is 6. The molecule has 226 valence electrons. The van der Waals surface area contributed by atoms with Crippen LogP contribution in [0.1, 0.15) is 6.85 Å². The number of anilines is 3. The third-order valence-corrected chi connectivity index (χ3v) is 8.98. The molecule has 0 N–H and O–H groups in total. The molecule has 0 aliphatic carbocycles. The monoisotopic (exact) mass is 618 g/mol. The first kappa shape index (κ1) is 23.0. The average molecular weight is 619 g/mol. The van der Waals surface area contributed by atoms with E-state index < -0.39 is 18.1 Å². The fraction of sp³-hybridized carbons (Fsp3) is 0. The molecule has 0 spiro atoms. The molecule has 0 bridgehead atoms. The number of para-hydroxylation sites is 2. The first-order valence-electron chi connectivity index (χ1n) is 18.4. The van der Waals surface area contributed by atoms with Crippen LogP contribution in [0.5, 0.6) is 0 Å². The lowest BCUT2D eigenvalue weighted by atomic mass is 9.97. The van der Waals surface area contributed by atoms with Gasteiger partial charge in [-0.2, -0.15) is 0 Å². The highest BCUT2D eigenvalue weighted by atomic mass is 16.3. The molecule has 0 atom stereocenters. The van der Waals surface area contributed by atoms with Gasteiger partial charge < -0.3 is 9.32 Å². The molecule has 0 radical (unpaired) electrons. The van der Waals surface area contributed by atoms with E-state index in [2.05, 4.69) is 66.7 Å². The largest absolute Gasteiger partial charge is 0.455 e. The molecule has 0 saturated carbocycles. The van der Waals surface area contributed by atoms with Gasteiger partial charge in [-0.15, -0.1) is 0 Å². The van der Waals surface area contributed by atoms with Crippen molar-refractivity contribution >= 4 is 49.8 Å². The number of hydrogen-bond donors (Lipinski definition) is 0. The summed E-state index contributed by atoms with van der Waals surface area (Å²) in [7, 11) is 0.